The predicted molar refractivity (Wildman–Crippen MR) is 164 cm³/mol. The predicted octanol–water partition coefficient (Wildman–Crippen LogP) is 5.25. The fourth-order valence-electron chi connectivity index (χ4n) is 6.68. The van der Waals surface area contributed by atoms with Crippen molar-refractivity contribution in [3.8, 4) is 5.75 Å². The van der Waals surface area contributed by atoms with E-state index in [1.165, 1.54) is 4.90 Å². The van der Waals surface area contributed by atoms with Crippen LogP contribution in [0, 0.1) is 5.92 Å². The van der Waals surface area contributed by atoms with Crippen molar-refractivity contribution in [1.29, 1.82) is 0 Å². The molecular formula is C35H39N3O6. The number of nitrogens with one attached hydrogen (secondary N) is 1. The highest BCUT2D eigenvalue weighted by Gasteiger charge is 2.37. The molecule has 9 heteroatoms. The first kappa shape index (κ1) is 29.7. The highest BCUT2D eigenvalue weighted by Crippen LogP contribution is 2.31. The largest absolute Gasteiger partial charge is 0.489 e. The van der Waals surface area contributed by atoms with Gasteiger partial charge < -0.3 is 24.8 Å². The zero-order valence-electron chi connectivity index (χ0n) is 24.8. The second kappa shape index (κ2) is 13.5. The lowest BCUT2D eigenvalue weighted by atomic mass is 9.86. The van der Waals surface area contributed by atoms with Crippen molar-refractivity contribution >= 4 is 18.0 Å². The Hall–Kier alpha value is -4.37. The number of nitrogens with zero attached hydrogens (tertiary/aromatic N) is 2. The van der Waals surface area contributed by atoms with Crippen molar-refractivity contribution in [1.82, 2.24) is 15.1 Å². The zero-order valence-corrected chi connectivity index (χ0v) is 24.8. The van der Waals surface area contributed by atoms with Gasteiger partial charge >= 0.3 is 12.1 Å². The van der Waals surface area contributed by atoms with Crippen LogP contribution in [-0.4, -0.2) is 71.2 Å². The van der Waals surface area contributed by atoms with Crippen LogP contribution in [0.1, 0.15) is 65.2 Å². The molecule has 2 bridgehead atoms. The van der Waals surface area contributed by atoms with E-state index in [0.717, 1.165) is 62.0 Å². The SMILES string of the molecule is O=C(N[C@@H](c1ccccc1)c1cccc(OCc2cccc(C(=O)N3CCCC[C@H]3C(=O)O)c2)c1)O[C@H]1CN2CCC1CC2. The third kappa shape index (κ3) is 6.89. The fraction of sp³-hybridized carbons (Fsp3) is 0.400. The van der Waals surface area contributed by atoms with Gasteiger partial charge in [0.1, 0.15) is 24.5 Å². The molecule has 4 saturated heterocycles. The second-order valence-electron chi connectivity index (χ2n) is 12.0. The van der Waals surface area contributed by atoms with Gasteiger partial charge in [-0.3, -0.25) is 9.69 Å². The van der Waals surface area contributed by atoms with Crippen LogP contribution in [0.2, 0.25) is 0 Å². The normalized spacial score (nSPS) is 23.4. The molecule has 2 N–H and O–H groups in total. The quantitative estimate of drug-likeness (QED) is 0.347. The molecule has 7 rings (SSSR count). The molecule has 4 aliphatic rings. The maximum absolute atomic E-state index is 13.2. The number of hydrogen-bond donors (Lipinski definition) is 2. The first-order chi connectivity index (χ1) is 21.4. The van der Waals surface area contributed by atoms with Gasteiger partial charge in [0.2, 0.25) is 0 Å². The van der Waals surface area contributed by atoms with E-state index in [2.05, 4.69) is 10.2 Å². The maximum Gasteiger partial charge on any atom is 0.408 e. The molecule has 9 nitrogen and oxygen atoms in total. The first-order valence-electron chi connectivity index (χ1n) is 15.5. The Morgan fingerprint density at radius 3 is 2.39 bits per heavy atom. The Balaban J connectivity index is 1.14. The number of fused-ring (bicyclic) bond motifs is 3. The molecular weight excluding hydrogens is 558 g/mol. The number of piperidine rings is 4. The van der Waals surface area contributed by atoms with Crippen LogP contribution in [0.5, 0.6) is 5.75 Å². The standard InChI is InChI=1S/C35H39N3O6/c39-33(38-17-5-4-14-30(38)34(40)41)28-12-6-8-24(20-28)23-43-29-13-7-11-27(21-29)32(26-9-2-1-3-10-26)36-35(42)44-31-22-37-18-15-25(31)16-19-37/h1-3,6-13,20-21,25,30-32H,4-5,14-19,22-23H2,(H,36,42)(H,40,41)/t30-,31-,32-/m0/s1. The van der Waals surface area contributed by atoms with Crippen LogP contribution in [0.4, 0.5) is 4.79 Å². The number of carbonyl (C=O) groups is 3. The first-order valence-corrected chi connectivity index (χ1v) is 15.5. The lowest BCUT2D eigenvalue weighted by Crippen LogP contribution is -2.52. The van der Waals surface area contributed by atoms with Gasteiger partial charge in [0.05, 0.1) is 6.04 Å². The number of likely N-dealkylation sites (tertiary alicyclic amines) is 1. The Morgan fingerprint density at radius 1 is 0.864 bits per heavy atom. The van der Waals surface area contributed by atoms with E-state index < -0.39 is 24.1 Å². The molecule has 0 radical (unpaired) electrons. The number of amides is 2. The van der Waals surface area contributed by atoms with Crippen LogP contribution < -0.4 is 10.1 Å². The number of alkyl carbamates (subject to hydrolysis) is 1. The summed E-state index contributed by atoms with van der Waals surface area (Å²) in [7, 11) is 0. The van der Waals surface area contributed by atoms with Gasteiger partial charge in [-0.25, -0.2) is 9.59 Å². The smallest absolute Gasteiger partial charge is 0.408 e. The molecule has 44 heavy (non-hydrogen) atoms. The van der Waals surface area contributed by atoms with Gasteiger partial charge in [-0.05, 0) is 92.1 Å². The minimum atomic E-state index is -0.965. The summed E-state index contributed by atoms with van der Waals surface area (Å²) in [6.45, 7) is 3.61. The Labute approximate surface area is 257 Å². The molecule has 3 aromatic carbocycles. The molecule has 3 aromatic rings. The lowest BCUT2D eigenvalue weighted by Gasteiger charge is -2.43. The third-order valence-electron chi connectivity index (χ3n) is 9.07. The van der Waals surface area contributed by atoms with E-state index in [-0.39, 0.29) is 18.6 Å². The van der Waals surface area contributed by atoms with Crippen LogP contribution in [0.15, 0.2) is 78.9 Å². The minimum Gasteiger partial charge on any atom is -0.489 e. The van der Waals surface area contributed by atoms with E-state index >= 15 is 0 Å². The summed E-state index contributed by atoms with van der Waals surface area (Å²) >= 11 is 0. The van der Waals surface area contributed by atoms with Crippen molar-refractivity contribution < 1.29 is 29.0 Å². The number of carboxylic acids is 1. The van der Waals surface area contributed by atoms with Gasteiger partial charge in [0.25, 0.3) is 5.91 Å². The average Bonchev–Trinajstić information content (AvgIpc) is 3.07. The van der Waals surface area contributed by atoms with Crippen LogP contribution in [0.3, 0.4) is 0 Å². The highest BCUT2D eigenvalue weighted by atomic mass is 16.6. The van der Waals surface area contributed by atoms with Gasteiger partial charge in [0.15, 0.2) is 0 Å². The lowest BCUT2D eigenvalue weighted by molar-refractivity contribution is -0.143. The zero-order chi connectivity index (χ0) is 30.5. The number of rotatable bonds is 9. The maximum atomic E-state index is 13.2. The van der Waals surface area contributed by atoms with E-state index in [9.17, 15) is 19.5 Å². The number of carbonyl (C=O) groups excluding carboxylic acids is 2. The average molecular weight is 598 g/mol. The summed E-state index contributed by atoms with van der Waals surface area (Å²) in [5.41, 5.74) is 3.03. The monoisotopic (exact) mass is 597 g/mol. The van der Waals surface area contributed by atoms with Crippen LogP contribution >= 0.6 is 0 Å². The summed E-state index contributed by atoms with van der Waals surface area (Å²) in [4.78, 5) is 41.9. The molecule has 4 aliphatic heterocycles. The van der Waals surface area contributed by atoms with E-state index in [0.29, 0.717) is 30.2 Å². The Morgan fingerprint density at radius 2 is 1.64 bits per heavy atom. The fourth-order valence-corrected chi connectivity index (χ4v) is 6.68. The van der Waals surface area contributed by atoms with Crippen molar-refractivity contribution in [2.75, 3.05) is 26.2 Å². The summed E-state index contributed by atoms with van der Waals surface area (Å²) < 4.78 is 12.1. The van der Waals surface area contributed by atoms with Gasteiger partial charge in [0, 0.05) is 18.7 Å². The Bertz CT molecular complexity index is 1470. The number of ether oxygens (including phenoxy) is 2. The summed E-state index contributed by atoms with van der Waals surface area (Å²) in [5.74, 6) is -0.199. The van der Waals surface area contributed by atoms with E-state index in [1.54, 1.807) is 18.2 Å². The van der Waals surface area contributed by atoms with Crippen molar-refractivity contribution in [3.63, 3.8) is 0 Å². The van der Waals surface area contributed by atoms with Crippen molar-refractivity contribution in [3.05, 3.63) is 101 Å². The minimum absolute atomic E-state index is 0.0869. The molecule has 3 atom stereocenters. The third-order valence-corrected chi connectivity index (χ3v) is 9.07. The molecule has 0 aliphatic carbocycles. The van der Waals surface area contributed by atoms with Crippen LogP contribution in [-0.2, 0) is 16.1 Å². The van der Waals surface area contributed by atoms with Crippen LogP contribution in [0.25, 0.3) is 0 Å². The summed E-state index contributed by atoms with van der Waals surface area (Å²) in [6.07, 6.45) is 3.69. The molecule has 0 unspecified atom stereocenters. The molecule has 230 valence electrons. The Kier molecular flexibility index (Phi) is 9.12. The molecule has 4 heterocycles. The number of aliphatic carboxylic acids is 1. The number of carboxylic acid groups (broad SMARTS) is 1. The topological polar surface area (TPSA) is 108 Å². The van der Waals surface area contributed by atoms with Gasteiger partial charge in [-0.1, -0.05) is 54.6 Å². The van der Waals surface area contributed by atoms with Gasteiger partial charge in [-0.2, -0.15) is 0 Å². The number of benzene rings is 3. The van der Waals surface area contributed by atoms with Crippen molar-refractivity contribution in [2.45, 2.75) is 56.9 Å². The number of hydrogen-bond acceptors (Lipinski definition) is 6. The van der Waals surface area contributed by atoms with E-state index in [1.807, 2.05) is 60.7 Å². The molecule has 0 saturated carbocycles. The molecule has 0 aromatic heterocycles. The van der Waals surface area contributed by atoms with Gasteiger partial charge in [-0.15, -0.1) is 0 Å². The second-order valence-corrected chi connectivity index (χ2v) is 12.0. The molecule has 0 spiro atoms. The van der Waals surface area contributed by atoms with Crippen molar-refractivity contribution in [2.24, 2.45) is 5.92 Å². The molecule has 4 fully saturated rings. The summed E-state index contributed by atoms with van der Waals surface area (Å²) in [5, 5.41) is 12.7. The molecule has 2 amide bonds. The highest BCUT2D eigenvalue weighted by molar-refractivity contribution is 5.96. The summed E-state index contributed by atoms with van der Waals surface area (Å²) in [6, 6.07) is 23.3. The van der Waals surface area contributed by atoms with E-state index in [4.69, 9.17) is 9.47 Å².